The summed E-state index contributed by atoms with van der Waals surface area (Å²) >= 11 is 1.96. The van der Waals surface area contributed by atoms with Crippen LogP contribution in [0.5, 0.6) is 0 Å². The molecule has 1 aliphatic carbocycles. The largest absolute Gasteiger partial charge is 0.381 e. The second-order valence-corrected chi connectivity index (χ2v) is 8.08. The first-order chi connectivity index (χ1) is 10.7. The van der Waals surface area contributed by atoms with E-state index in [1.54, 1.807) is 0 Å². The number of thioether (sulfide) groups is 1. The van der Waals surface area contributed by atoms with Crippen molar-refractivity contribution in [3.63, 3.8) is 0 Å². The van der Waals surface area contributed by atoms with E-state index in [9.17, 15) is 0 Å². The summed E-state index contributed by atoms with van der Waals surface area (Å²) in [6.45, 7) is 8.06. The molecular formula is C17H34IN3OS. The molecule has 0 aromatic rings. The van der Waals surface area contributed by atoms with E-state index < -0.39 is 0 Å². The molecule has 0 bridgehead atoms. The summed E-state index contributed by atoms with van der Waals surface area (Å²) in [6.07, 6.45) is 9.69. The van der Waals surface area contributed by atoms with Crippen LogP contribution in [0.25, 0.3) is 0 Å². The molecule has 0 aromatic heterocycles. The van der Waals surface area contributed by atoms with Crippen LogP contribution in [-0.4, -0.2) is 49.3 Å². The minimum absolute atomic E-state index is 0. The van der Waals surface area contributed by atoms with Crippen molar-refractivity contribution < 1.29 is 4.74 Å². The van der Waals surface area contributed by atoms with Gasteiger partial charge >= 0.3 is 0 Å². The van der Waals surface area contributed by atoms with Crippen molar-refractivity contribution in [2.75, 3.05) is 32.6 Å². The lowest BCUT2D eigenvalue weighted by Gasteiger charge is -2.34. The second kappa shape index (κ2) is 11.0. The third-order valence-electron chi connectivity index (χ3n) is 4.98. The molecule has 23 heavy (non-hydrogen) atoms. The number of hydrogen-bond acceptors (Lipinski definition) is 3. The molecule has 1 heterocycles. The fraction of sp³-hybridized carbons (Fsp3) is 0.941. The van der Waals surface area contributed by atoms with Gasteiger partial charge in [-0.2, -0.15) is 11.8 Å². The van der Waals surface area contributed by atoms with Crippen LogP contribution in [0.2, 0.25) is 0 Å². The molecule has 2 N–H and O–H groups in total. The van der Waals surface area contributed by atoms with E-state index in [-0.39, 0.29) is 28.7 Å². The highest BCUT2D eigenvalue weighted by atomic mass is 127. The van der Waals surface area contributed by atoms with Gasteiger partial charge in [-0.05, 0) is 44.8 Å². The average molecular weight is 455 g/mol. The Labute approximate surface area is 163 Å². The number of hydrogen-bond donors (Lipinski definition) is 2. The number of rotatable bonds is 5. The van der Waals surface area contributed by atoms with Gasteiger partial charge in [0, 0.05) is 30.5 Å². The fourth-order valence-corrected chi connectivity index (χ4v) is 4.24. The van der Waals surface area contributed by atoms with E-state index >= 15 is 0 Å². The SMILES string of the molecule is CCNC(=NCC1(SC)CCOCC1)NC1CCCC(C)C1.I. The van der Waals surface area contributed by atoms with Gasteiger partial charge in [0.1, 0.15) is 0 Å². The molecule has 0 amide bonds. The van der Waals surface area contributed by atoms with E-state index in [0.29, 0.717) is 6.04 Å². The topological polar surface area (TPSA) is 45.7 Å². The molecule has 4 nitrogen and oxygen atoms in total. The highest BCUT2D eigenvalue weighted by molar-refractivity contribution is 14.0. The van der Waals surface area contributed by atoms with Crippen LogP contribution >= 0.6 is 35.7 Å². The Morgan fingerprint density at radius 1 is 1.30 bits per heavy atom. The number of halogens is 1. The zero-order valence-corrected chi connectivity index (χ0v) is 18.0. The first-order valence-corrected chi connectivity index (χ1v) is 10.1. The number of nitrogens with zero attached hydrogens (tertiary/aromatic N) is 1. The first kappa shape index (κ1) is 21.4. The summed E-state index contributed by atoms with van der Waals surface area (Å²) in [5.41, 5.74) is 0. The van der Waals surface area contributed by atoms with Gasteiger partial charge in [-0.25, -0.2) is 0 Å². The number of aliphatic imine (C=N–C) groups is 1. The quantitative estimate of drug-likeness (QED) is 0.378. The summed E-state index contributed by atoms with van der Waals surface area (Å²) in [5, 5.41) is 7.09. The first-order valence-electron chi connectivity index (χ1n) is 8.85. The maximum atomic E-state index is 5.52. The number of nitrogens with one attached hydrogen (secondary N) is 2. The van der Waals surface area contributed by atoms with Crippen molar-refractivity contribution in [3.8, 4) is 0 Å². The van der Waals surface area contributed by atoms with Crippen molar-refractivity contribution in [1.29, 1.82) is 0 Å². The summed E-state index contributed by atoms with van der Waals surface area (Å²) in [7, 11) is 0. The van der Waals surface area contributed by atoms with Crippen LogP contribution < -0.4 is 10.6 Å². The van der Waals surface area contributed by atoms with Crippen LogP contribution in [0.1, 0.15) is 52.4 Å². The van der Waals surface area contributed by atoms with Gasteiger partial charge in [-0.1, -0.05) is 19.8 Å². The Kier molecular flexibility index (Phi) is 10.2. The highest BCUT2D eigenvalue weighted by Crippen LogP contribution is 2.34. The van der Waals surface area contributed by atoms with Crippen molar-refractivity contribution in [3.05, 3.63) is 0 Å². The molecular weight excluding hydrogens is 421 g/mol. The molecule has 0 spiro atoms. The Morgan fingerprint density at radius 2 is 2.04 bits per heavy atom. The van der Waals surface area contributed by atoms with E-state index in [0.717, 1.165) is 51.0 Å². The molecule has 0 aromatic carbocycles. The normalized spacial score (nSPS) is 27.9. The molecule has 2 fully saturated rings. The third-order valence-corrected chi connectivity index (χ3v) is 6.39. The predicted molar refractivity (Wildman–Crippen MR) is 112 cm³/mol. The van der Waals surface area contributed by atoms with Gasteiger partial charge in [0.25, 0.3) is 0 Å². The van der Waals surface area contributed by atoms with Gasteiger partial charge in [0.15, 0.2) is 5.96 Å². The van der Waals surface area contributed by atoms with Gasteiger partial charge in [0.05, 0.1) is 6.54 Å². The smallest absolute Gasteiger partial charge is 0.191 e. The molecule has 6 heteroatoms. The molecule has 2 aliphatic rings. The van der Waals surface area contributed by atoms with Crippen molar-refractivity contribution in [1.82, 2.24) is 10.6 Å². The lowest BCUT2D eigenvalue weighted by atomic mass is 9.87. The standard InChI is InChI=1S/C17H33N3OS.HI/c1-4-18-16(20-15-7-5-6-14(2)12-15)19-13-17(22-3)8-10-21-11-9-17;/h14-15H,4-13H2,1-3H3,(H2,18,19,20);1H. The van der Waals surface area contributed by atoms with E-state index in [2.05, 4.69) is 30.7 Å². The van der Waals surface area contributed by atoms with Crippen LogP contribution in [-0.2, 0) is 4.74 Å². The second-order valence-electron chi connectivity index (χ2n) is 6.81. The fourth-order valence-electron chi connectivity index (χ4n) is 3.47. The predicted octanol–water partition coefficient (Wildman–Crippen LogP) is 3.65. The lowest BCUT2D eigenvalue weighted by Crippen LogP contribution is -2.46. The molecule has 2 unspecified atom stereocenters. The van der Waals surface area contributed by atoms with Crippen LogP contribution in [0.3, 0.4) is 0 Å². The van der Waals surface area contributed by atoms with Crippen LogP contribution in [0.4, 0.5) is 0 Å². The molecule has 1 aliphatic heterocycles. The van der Waals surface area contributed by atoms with Gasteiger partial charge in [0.2, 0.25) is 0 Å². The van der Waals surface area contributed by atoms with Gasteiger partial charge < -0.3 is 15.4 Å². The molecule has 0 radical (unpaired) electrons. The molecule has 1 saturated carbocycles. The van der Waals surface area contributed by atoms with Crippen molar-refractivity contribution in [2.24, 2.45) is 10.9 Å². The van der Waals surface area contributed by atoms with Crippen molar-refractivity contribution >= 4 is 41.7 Å². The van der Waals surface area contributed by atoms with Crippen LogP contribution in [0.15, 0.2) is 4.99 Å². The maximum Gasteiger partial charge on any atom is 0.191 e. The zero-order valence-electron chi connectivity index (χ0n) is 14.9. The Balaban J connectivity index is 0.00000264. The van der Waals surface area contributed by atoms with Gasteiger partial charge in [-0.3, -0.25) is 4.99 Å². The Morgan fingerprint density at radius 3 is 2.65 bits per heavy atom. The summed E-state index contributed by atoms with van der Waals surface area (Å²) < 4.78 is 5.79. The monoisotopic (exact) mass is 455 g/mol. The lowest BCUT2D eigenvalue weighted by molar-refractivity contribution is 0.0794. The van der Waals surface area contributed by atoms with E-state index in [4.69, 9.17) is 9.73 Å². The maximum absolute atomic E-state index is 5.52. The minimum Gasteiger partial charge on any atom is -0.381 e. The van der Waals surface area contributed by atoms with Crippen molar-refractivity contribution in [2.45, 2.75) is 63.2 Å². The summed E-state index contributed by atoms with van der Waals surface area (Å²) in [4.78, 5) is 4.92. The zero-order chi connectivity index (χ0) is 15.8. The third kappa shape index (κ3) is 6.98. The summed E-state index contributed by atoms with van der Waals surface area (Å²) in [5.74, 6) is 1.84. The molecule has 2 rings (SSSR count). The molecule has 2 atom stereocenters. The summed E-state index contributed by atoms with van der Waals surface area (Å²) in [6, 6.07) is 0.585. The average Bonchev–Trinajstić information content (AvgIpc) is 2.54. The van der Waals surface area contributed by atoms with E-state index in [1.165, 1.54) is 25.7 Å². The molecule has 1 saturated heterocycles. The highest BCUT2D eigenvalue weighted by Gasteiger charge is 2.31. The number of ether oxygens (including phenoxy) is 1. The Bertz CT molecular complexity index is 362. The minimum atomic E-state index is 0. The van der Waals surface area contributed by atoms with Crippen LogP contribution in [0, 0.1) is 5.92 Å². The van der Waals surface area contributed by atoms with E-state index in [1.807, 2.05) is 11.8 Å². The molecule has 136 valence electrons. The Hall–Kier alpha value is 0.310. The number of guanidine groups is 1. The van der Waals surface area contributed by atoms with Gasteiger partial charge in [-0.15, -0.1) is 24.0 Å².